The molecule has 0 spiro atoms. The molecule has 0 bridgehead atoms. The Kier molecular flexibility index (Phi) is 4.55. The number of aliphatic hydroxyl groups is 1. The second kappa shape index (κ2) is 6.16. The van der Waals surface area contributed by atoms with Gasteiger partial charge in [0.25, 0.3) is 5.91 Å². The van der Waals surface area contributed by atoms with Gasteiger partial charge in [-0.2, -0.15) is 5.10 Å². The van der Waals surface area contributed by atoms with Gasteiger partial charge < -0.3 is 14.7 Å². The molecule has 0 aromatic carbocycles. The van der Waals surface area contributed by atoms with Crippen LogP contribution in [-0.2, 0) is 4.74 Å². The summed E-state index contributed by atoms with van der Waals surface area (Å²) in [6.07, 6.45) is 4.31. The Labute approximate surface area is 112 Å². The van der Waals surface area contributed by atoms with Gasteiger partial charge in [0.1, 0.15) is 11.8 Å². The standard InChI is InChI=1S/C13H21N3O3/c1-16(13(18)9-7-8-14-15-9)10-5-3-4-6-11(19-2)12(10)17/h7-8,10-12,17H,3-6H2,1-2H3,(H,14,15)/t10-,11-,12-/m1/s1. The fraction of sp³-hybridized carbons (Fsp3) is 0.692. The van der Waals surface area contributed by atoms with E-state index in [9.17, 15) is 9.90 Å². The number of rotatable bonds is 3. The maximum absolute atomic E-state index is 12.3. The minimum atomic E-state index is -0.649. The maximum atomic E-state index is 12.3. The number of ether oxygens (including phenoxy) is 1. The van der Waals surface area contributed by atoms with Crippen LogP contribution in [0.5, 0.6) is 0 Å². The number of aromatic amines is 1. The number of hydrogen-bond acceptors (Lipinski definition) is 4. The number of carbonyl (C=O) groups excluding carboxylic acids is 1. The Morgan fingerprint density at radius 2 is 2.26 bits per heavy atom. The SMILES string of the molecule is CO[C@@H]1CCCC[C@@H](N(C)C(=O)c2ccn[nH]2)[C@H]1O. The zero-order valence-corrected chi connectivity index (χ0v) is 11.4. The molecule has 1 aliphatic rings. The molecule has 1 aliphatic carbocycles. The van der Waals surface area contributed by atoms with Gasteiger partial charge in [-0.3, -0.25) is 9.89 Å². The highest BCUT2D eigenvalue weighted by molar-refractivity contribution is 5.92. The molecule has 0 radical (unpaired) electrons. The molecule has 0 aliphatic heterocycles. The zero-order chi connectivity index (χ0) is 13.8. The summed E-state index contributed by atoms with van der Waals surface area (Å²) in [6.45, 7) is 0. The smallest absolute Gasteiger partial charge is 0.271 e. The number of nitrogens with zero attached hydrogens (tertiary/aromatic N) is 2. The molecule has 0 unspecified atom stereocenters. The number of likely N-dealkylation sites (N-methyl/N-ethyl adjacent to an activating group) is 1. The molecule has 6 nitrogen and oxygen atoms in total. The van der Waals surface area contributed by atoms with Crippen molar-refractivity contribution in [1.29, 1.82) is 0 Å². The third-order valence-corrected chi connectivity index (χ3v) is 3.87. The monoisotopic (exact) mass is 267 g/mol. The number of aromatic nitrogens is 2. The summed E-state index contributed by atoms with van der Waals surface area (Å²) in [7, 11) is 3.32. The second-order valence-electron chi connectivity index (χ2n) is 5.00. The molecule has 1 heterocycles. The van der Waals surface area contributed by atoms with Crippen molar-refractivity contribution in [3.05, 3.63) is 18.0 Å². The highest BCUT2D eigenvalue weighted by Crippen LogP contribution is 2.24. The fourth-order valence-electron chi connectivity index (χ4n) is 2.68. The summed E-state index contributed by atoms with van der Waals surface area (Å²) >= 11 is 0. The average molecular weight is 267 g/mol. The highest BCUT2D eigenvalue weighted by Gasteiger charge is 2.34. The lowest BCUT2D eigenvalue weighted by molar-refractivity contribution is -0.0463. The summed E-state index contributed by atoms with van der Waals surface area (Å²) in [5.74, 6) is -0.154. The Bertz CT molecular complexity index is 407. The Hall–Kier alpha value is -1.40. The lowest BCUT2D eigenvalue weighted by Crippen LogP contribution is -2.49. The number of aliphatic hydroxyl groups excluding tert-OH is 1. The van der Waals surface area contributed by atoms with E-state index in [1.165, 1.54) is 0 Å². The Morgan fingerprint density at radius 3 is 2.89 bits per heavy atom. The van der Waals surface area contributed by atoms with E-state index in [1.807, 2.05) is 0 Å². The van der Waals surface area contributed by atoms with Crippen molar-refractivity contribution in [2.75, 3.05) is 14.2 Å². The van der Waals surface area contributed by atoms with Gasteiger partial charge in [-0.1, -0.05) is 12.8 Å². The Balaban J connectivity index is 2.12. The van der Waals surface area contributed by atoms with Gasteiger partial charge in [0.2, 0.25) is 0 Å². The minimum Gasteiger partial charge on any atom is -0.388 e. The predicted molar refractivity (Wildman–Crippen MR) is 69.7 cm³/mol. The first-order valence-corrected chi connectivity index (χ1v) is 6.62. The van der Waals surface area contributed by atoms with Crippen LogP contribution >= 0.6 is 0 Å². The number of methoxy groups -OCH3 is 1. The Morgan fingerprint density at radius 1 is 1.53 bits per heavy atom. The molecule has 1 fully saturated rings. The van der Waals surface area contributed by atoms with Crippen molar-refractivity contribution >= 4 is 5.91 Å². The molecule has 2 rings (SSSR count). The van der Waals surface area contributed by atoms with E-state index in [4.69, 9.17) is 4.74 Å². The van der Waals surface area contributed by atoms with Crippen LogP contribution in [0.1, 0.15) is 36.2 Å². The molecule has 1 aromatic heterocycles. The van der Waals surface area contributed by atoms with E-state index in [0.717, 1.165) is 25.7 Å². The number of hydrogen-bond donors (Lipinski definition) is 2. The van der Waals surface area contributed by atoms with E-state index in [1.54, 1.807) is 31.3 Å². The summed E-state index contributed by atoms with van der Waals surface area (Å²) in [5, 5.41) is 16.8. The van der Waals surface area contributed by atoms with Crippen molar-refractivity contribution < 1.29 is 14.6 Å². The van der Waals surface area contributed by atoms with E-state index in [0.29, 0.717) is 5.69 Å². The summed E-state index contributed by atoms with van der Waals surface area (Å²) < 4.78 is 5.33. The molecule has 2 N–H and O–H groups in total. The largest absolute Gasteiger partial charge is 0.388 e. The maximum Gasteiger partial charge on any atom is 0.271 e. The van der Waals surface area contributed by atoms with Gasteiger partial charge in [0.05, 0.1) is 12.1 Å². The molecule has 1 aromatic rings. The summed E-state index contributed by atoms with van der Waals surface area (Å²) in [5.41, 5.74) is 0.438. The van der Waals surface area contributed by atoms with E-state index < -0.39 is 6.10 Å². The van der Waals surface area contributed by atoms with Gasteiger partial charge in [-0.05, 0) is 18.9 Å². The second-order valence-corrected chi connectivity index (χ2v) is 5.00. The van der Waals surface area contributed by atoms with Crippen LogP contribution in [0.2, 0.25) is 0 Å². The van der Waals surface area contributed by atoms with Crippen LogP contribution in [0.15, 0.2) is 12.3 Å². The minimum absolute atomic E-state index is 0.154. The number of nitrogens with one attached hydrogen (secondary N) is 1. The molecule has 1 saturated carbocycles. The summed E-state index contributed by atoms with van der Waals surface area (Å²) in [6, 6.07) is 1.42. The van der Waals surface area contributed by atoms with Crippen LogP contribution in [-0.4, -0.2) is 58.5 Å². The third-order valence-electron chi connectivity index (χ3n) is 3.87. The highest BCUT2D eigenvalue weighted by atomic mass is 16.5. The zero-order valence-electron chi connectivity index (χ0n) is 11.4. The van der Waals surface area contributed by atoms with Gasteiger partial charge in [0.15, 0.2) is 0 Å². The third kappa shape index (κ3) is 2.96. The van der Waals surface area contributed by atoms with Gasteiger partial charge in [0, 0.05) is 20.4 Å². The van der Waals surface area contributed by atoms with Gasteiger partial charge in [-0.15, -0.1) is 0 Å². The predicted octanol–water partition coefficient (Wildman–Crippen LogP) is 0.800. The lowest BCUT2D eigenvalue weighted by atomic mass is 10.0. The fourth-order valence-corrected chi connectivity index (χ4v) is 2.68. The van der Waals surface area contributed by atoms with Crippen molar-refractivity contribution in [2.24, 2.45) is 0 Å². The van der Waals surface area contributed by atoms with Crippen LogP contribution in [0, 0.1) is 0 Å². The molecule has 106 valence electrons. The number of amides is 1. The topological polar surface area (TPSA) is 78.5 Å². The molecule has 1 amide bonds. The number of carbonyl (C=O) groups is 1. The molecule has 0 saturated heterocycles. The normalized spacial score (nSPS) is 27.8. The van der Waals surface area contributed by atoms with Crippen LogP contribution < -0.4 is 0 Å². The van der Waals surface area contributed by atoms with E-state index >= 15 is 0 Å². The van der Waals surface area contributed by atoms with Crippen LogP contribution in [0.3, 0.4) is 0 Å². The summed E-state index contributed by atoms with van der Waals surface area (Å²) in [4.78, 5) is 13.9. The first-order chi connectivity index (χ1) is 9.15. The molecular formula is C13H21N3O3. The molecular weight excluding hydrogens is 246 g/mol. The lowest BCUT2D eigenvalue weighted by Gasteiger charge is -2.33. The van der Waals surface area contributed by atoms with Crippen molar-refractivity contribution in [3.8, 4) is 0 Å². The molecule has 19 heavy (non-hydrogen) atoms. The van der Waals surface area contributed by atoms with Crippen molar-refractivity contribution in [2.45, 2.75) is 43.9 Å². The van der Waals surface area contributed by atoms with E-state index in [-0.39, 0.29) is 18.1 Å². The van der Waals surface area contributed by atoms with Gasteiger partial charge in [-0.25, -0.2) is 0 Å². The first kappa shape index (κ1) is 14.0. The molecule has 3 atom stereocenters. The van der Waals surface area contributed by atoms with Crippen molar-refractivity contribution in [3.63, 3.8) is 0 Å². The van der Waals surface area contributed by atoms with Crippen LogP contribution in [0.25, 0.3) is 0 Å². The average Bonchev–Trinajstić information content (AvgIpc) is 2.88. The number of H-pyrrole nitrogens is 1. The van der Waals surface area contributed by atoms with Crippen LogP contribution in [0.4, 0.5) is 0 Å². The first-order valence-electron chi connectivity index (χ1n) is 6.62. The quantitative estimate of drug-likeness (QED) is 0.794. The molecule has 6 heteroatoms. The van der Waals surface area contributed by atoms with Gasteiger partial charge >= 0.3 is 0 Å². The van der Waals surface area contributed by atoms with E-state index in [2.05, 4.69) is 10.2 Å². The van der Waals surface area contributed by atoms with Crippen molar-refractivity contribution in [1.82, 2.24) is 15.1 Å².